The van der Waals surface area contributed by atoms with Gasteiger partial charge in [-0.3, -0.25) is 0 Å². The lowest BCUT2D eigenvalue weighted by molar-refractivity contribution is -0.196. The van der Waals surface area contributed by atoms with Gasteiger partial charge in [-0.15, -0.1) is 0 Å². The molecule has 0 atom stereocenters. The number of allylic oxidation sites excluding steroid dienone is 6. The first kappa shape index (κ1) is 30.6. The molecular weight excluding hydrogens is 497 g/mol. The maximum atomic E-state index is 15.0. The molecule has 0 unspecified atom stereocenters. The van der Waals surface area contributed by atoms with Crippen LogP contribution < -0.4 is 0 Å². The predicted octanol–water partition coefficient (Wildman–Crippen LogP) is 9.61. The van der Waals surface area contributed by atoms with Gasteiger partial charge in [-0.05, 0) is 54.5 Å². The molecule has 0 radical (unpaired) electrons. The molecule has 2 aromatic carbocycles. The first-order valence-corrected chi connectivity index (χ1v) is 14.1. The molecule has 0 aromatic heterocycles. The average Bonchev–Trinajstić information content (AvgIpc) is 2.94. The Bertz CT molecular complexity index is 1140. The third-order valence-electron chi connectivity index (χ3n) is 6.98. The Morgan fingerprint density at radius 1 is 1.00 bits per heavy atom. The number of aryl methyl sites for hydroxylation is 1. The van der Waals surface area contributed by atoms with Gasteiger partial charge in [0.25, 0.3) is 0 Å². The lowest BCUT2D eigenvalue weighted by atomic mass is 9.96. The Balaban J connectivity index is 1.62. The van der Waals surface area contributed by atoms with E-state index in [2.05, 4.69) is 19.6 Å². The summed E-state index contributed by atoms with van der Waals surface area (Å²) in [7, 11) is 0. The first-order chi connectivity index (χ1) is 19.0. The van der Waals surface area contributed by atoms with E-state index in [1.165, 1.54) is 6.08 Å². The van der Waals surface area contributed by atoms with Crippen LogP contribution in [-0.4, -0.2) is 19.5 Å². The van der Waals surface area contributed by atoms with E-state index in [0.717, 1.165) is 49.7 Å². The average molecular weight is 539 g/mol. The summed E-state index contributed by atoms with van der Waals surface area (Å²) in [6.07, 6.45) is 15.1. The van der Waals surface area contributed by atoms with Crippen molar-refractivity contribution in [2.45, 2.75) is 71.5 Å². The Hall–Kier alpha value is -2.89. The van der Waals surface area contributed by atoms with Gasteiger partial charge in [0.05, 0.1) is 13.2 Å². The smallest absolute Gasteiger partial charge is 0.166 e. The minimum atomic E-state index is -0.831. The van der Waals surface area contributed by atoms with Crippen LogP contribution in [0.3, 0.4) is 0 Å². The van der Waals surface area contributed by atoms with E-state index < -0.39 is 11.6 Å². The highest BCUT2D eigenvalue weighted by Crippen LogP contribution is 2.29. The minimum absolute atomic E-state index is 0.0819. The molecule has 1 fully saturated rings. The largest absolute Gasteiger partial charge is 0.352 e. The van der Waals surface area contributed by atoms with Crippen molar-refractivity contribution in [2.24, 2.45) is 5.92 Å². The van der Waals surface area contributed by atoms with E-state index in [9.17, 15) is 8.78 Å². The van der Waals surface area contributed by atoms with Crippen LogP contribution in [-0.2, 0) is 22.3 Å². The highest BCUT2D eigenvalue weighted by molar-refractivity contribution is 5.65. The van der Waals surface area contributed by atoms with Gasteiger partial charge in [-0.25, -0.2) is 13.2 Å². The highest BCUT2D eigenvalue weighted by atomic mass is 19.2. The van der Waals surface area contributed by atoms with E-state index in [1.807, 2.05) is 13.0 Å². The van der Waals surface area contributed by atoms with Crippen molar-refractivity contribution < 1.29 is 22.6 Å². The second-order valence-electron chi connectivity index (χ2n) is 10.0. The molecule has 0 N–H and O–H groups in total. The van der Waals surface area contributed by atoms with Crippen LogP contribution in [0.15, 0.2) is 84.8 Å². The van der Waals surface area contributed by atoms with Crippen LogP contribution in [0.25, 0.3) is 11.1 Å². The SMILES string of the molecule is C=C/C=C(\C=C(\F)Cc1ccc(-c2ccc(CCCCCC)c(F)c2F)cc1)C1COC(CC/C=C/C)OC1. The van der Waals surface area contributed by atoms with E-state index in [-0.39, 0.29) is 30.0 Å². The predicted molar refractivity (Wildman–Crippen MR) is 154 cm³/mol. The molecule has 1 heterocycles. The second-order valence-corrected chi connectivity index (χ2v) is 10.0. The topological polar surface area (TPSA) is 18.5 Å². The maximum Gasteiger partial charge on any atom is 0.166 e. The zero-order valence-corrected chi connectivity index (χ0v) is 23.2. The Labute approximate surface area is 231 Å². The zero-order chi connectivity index (χ0) is 28.0. The van der Waals surface area contributed by atoms with Crippen molar-refractivity contribution in [3.05, 3.63) is 108 Å². The summed E-state index contributed by atoms with van der Waals surface area (Å²) >= 11 is 0. The summed E-state index contributed by atoms with van der Waals surface area (Å²) in [4.78, 5) is 0. The van der Waals surface area contributed by atoms with Crippen molar-refractivity contribution in [1.29, 1.82) is 0 Å². The molecule has 3 rings (SSSR count). The molecule has 1 aliphatic heterocycles. The monoisotopic (exact) mass is 538 g/mol. The fraction of sp³-hybridized carbons (Fsp3) is 0.412. The summed E-state index contributed by atoms with van der Waals surface area (Å²) in [5, 5.41) is 0. The van der Waals surface area contributed by atoms with Gasteiger partial charge in [-0.1, -0.05) is 93.5 Å². The lowest BCUT2D eigenvalue weighted by Crippen LogP contribution is -2.32. The van der Waals surface area contributed by atoms with Crippen LogP contribution in [0.4, 0.5) is 13.2 Å². The fourth-order valence-corrected chi connectivity index (χ4v) is 4.72. The number of benzene rings is 2. The van der Waals surface area contributed by atoms with E-state index in [0.29, 0.717) is 30.8 Å². The van der Waals surface area contributed by atoms with Crippen molar-refractivity contribution in [1.82, 2.24) is 0 Å². The molecule has 0 aliphatic carbocycles. The second kappa shape index (κ2) is 16.3. The van der Waals surface area contributed by atoms with Crippen LogP contribution in [0.2, 0.25) is 0 Å². The molecule has 0 bridgehead atoms. The molecule has 0 amide bonds. The lowest BCUT2D eigenvalue weighted by Gasteiger charge is -2.30. The summed E-state index contributed by atoms with van der Waals surface area (Å²) in [5.41, 5.74) is 2.68. The third-order valence-corrected chi connectivity index (χ3v) is 6.98. The molecule has 39 heavy (non-hydrogen) atoms. The van der Waals surface area contributed by atoms with E-state index >= 15 is 4.39 Å². The molecular formula is C34H41F3O2. The van der Waals surface area contributed by atoms with Crippen LogP contribution in [0.1, 0.15) is 63.5 Å². The van der Waals surface area contributed by atoms with Crippen LogP contribution in [0.5, 0.6) is 0 Å². The Morgan fingerprint density at radius 3 is 2.41 bits per heavy atom. The zero-order valence-electron chi connectivity index (χ0n) is 23.2. The highest BCUT2D eigenvalue weighted by Gasteiger charge is 2.24. The van der Waals surface area contributed by atoms with Crippen molar-refractivity contribution >= 4 is 0 Å². The minimum Gasteiger partial charge on any atom is -0.352 e. The summed E-state index contributed by atoms with van der Waals surface area (Å²) in [5.74, 6) is -2.00. The van der Waals surface area contributed by atoms with Gasteiger partial charge < -0.3 is 9.47 Å². The van der Waals surface area contributed by atoms with Gasteiger partial charge in [0, 0.05) is 24.3 Å². The number of halogens is 3. The number of unbranched alkanes of at least 4 members (excludes halogenated alkanes) is 3. The Morgan fingerprint density at radius 2 is 1.74 bits per heavy atom. The Kier molecular flexibility index (Phi) is 12.8. The van der Waals surface area contributed by atoms with E-state index in [1.54, 1.807) is 48.6 Å². The van der Waals surface area contributed by atoms with Crippen LogP contribution in [0, 0.1) is 17.6 Å². The number of hydrogen-bond donors (Lipinski definition) is 0. The quantitative estimate of drug-likeness (QED) is 0.135. The summed E-state index contributed by atoms with van der Waals surface area (Å²) < 4.78 is 56.2. The molecule has 1 aliphatic rings. The standard InChI is InChI=1S/C34H41F3O2/c1-4-7-9-11-13-27-19-20-31(34(37)33(27)36)26-17-15-25(16-18-26)21-30(35)22-28(12-6-3)29-23-38-32(39-24-29)14-10-8-5-2/h5-6,8,12,15-20,22,29,32H,3-4,7,9-11,13-14,21,23-24H2,1-2H3/b8-5+,28-12+,30-22+. The van der Waals surface area contributed by atoms with Gasteiger partial charge >= 0.3 is 0 Å². The fourth-order valence-electron chi connectivity index (χ4n) is 4.72. The third kappa shape index (κ3) is 9.36. The first-order valence-electron chi connectivity index (χ1n) is 14.1. The molecule has 0 spiro atoms. The van der Waals surface area contributed by atoms with Gasteiger partial charge in [0.2, 0.25) is 0 Å². The molecule has 210 valence electrons. The van der Waals surface area contributed by atoms with Gasteiger partial charge in [-0.2, -0.15) is 0 Å². The summed E-state index contributed by atoms with van der Waals surface area (Å²) in [6, 6.07) is 10.2. The van der Waals surface area contributed by atoms with Crippen LogP contribution >= 0.6 is 0 Å². The number of rotatable bonds is 14. The van der Waals surface area contributed by atoms with Gasteiger partial charge in [0.15, 0.2) is 17.9 Å². The molecule has 2 nitrogen and oxygen atoms in total. The summed E-state index contributed by atoms with van der Waals surface area (Å²) in [6.45, 7) is 8.77. The van der Waals surface area contributed by atoms with Gasteiger partial charge in [0.1, 0.15) is 5.83 Å². The normalized spacial score (nSPS) is 18.6. The van der Waals surface area contributed by atoms with Crippen molar-refractivity contribution in [3.8, 4) is 11.1 Å². The number of hydrogen-bond acceptors (Lipinski definition) is 2. The van der Waals surface area contributed by atoms with E-state index in [4.69, 9.17) is 9.47 Å². The molecule has 0 saturated carbocycles. The molecule has 5 heteroatoms. The number of ether oxygens (including phenoxy) is 2. The van der Waals surface area contributed by atoms with Crippen molar-refractivity contribution in [2.75, 3.05) is 13.2 Å². The molecule has 2 aromatic rings. The van der Waals surface area contributed by atoms with Crippen molar-refractivity contribution in [3.63, 3.8) is 0 Å². The molecule has 1 saturated heterocycles. The maximum absolute atomic E-state index is 15.0.